The molecule has 0 aromatic heterocycles. The summed E-state index contributed by atoms with van der Waals surface area (Å²) in [6.45, 7) is 6.35. The van der Waals surface area contributed by atoms with Crippen LogP contribution in [0, 0.1) is 0 Å². The summed E-state index contributed by atoms with van der Waals surface area (Å²) < 4.78 is 16.9. The predicted molar refractivity (Wildman–Crippen MR) is 362 cm³/mol. The molecule has 6 heteroatoms. The number of hydrogen-bond acceptors (Lipinski definition) is 6. The minimum atomic E-state index is -0.808. The number of carbonyl (C=O) groups is 3. The predicted octanol–water partition coefficient (Wildman–Crippen LogP) is 23.7. The fraction of sp³-hybridized carbons (Fsp3) is 0.623. The van der Waals surface area contributed by atoms with E-state index in [2.05, 4.69) is 179 Å². The van der Waals surface area contributed by atoms with Crippen molar-refractivity contribution in [3.05, 3.63) is 158 Å². The second-order valence-corrected chi connectivity index (χ2v) is 22.0. The molecular weight excluding hydrogens is 1020 g/mol. The zero-order valence-electron chi connectivity index (χ0n) is 53.7. The van der Waals surface area contributed by atoms with Crippen LogP contribution in [0.2, 0.25) is 0 Å². The Labute approximate surface area is 511 Å². The van der Waals surface area contributed by atoms with Gasteiger partial charge in [-0.2, -0.15) is 0 Å². The quantitative estimate of drug-likeness (QED) is 0.0261. The molecule has 468 valence electrons. The Morgan fingerprint density at radius 2 is 0.470 bits per heavy atom. The molecule has 1 atom stereocenters. The lowest BCUT2D eigenvalue weighted by Crippen LogP contribution is -2.30. The maximum Gasteiger partial charge on any atom is 0.306 e. The Morgan fingerprint density at radius 1 is 0.253 bits per heavy atom. The second kappa shape index (κ2) is 69.5. The van der Waals surface area contributed by atoms with Gasteiger partial charge in [0.2, 0.25) is 0 Å². The summed E-state index contributed by atoms with van der Waals surface area (Å²) in [5.41, 5.74) is 0. The monoisotopic (exact) mass is 1140 g/mol. The molecule has 0 bridgehead atoms. The number of unbranched alkanes of at least 4 members (excludes halogenated alkanes) is 23. The number of ether oxygens (including phenoxy) is 3. The number of hydrogen-bond donors (Lipinski definition) is 0. The van der Waals surface area contributed by atoms with Crippen molar-refractivity contribution >= 4 is 17.9 Å². The van der Waals surface area contributed by atoms with Crippen molar-refractivity contribution in [2.24, 2.45) is 0 Å². The summed E-state index contributed by atoms with van der Waals surface area (Å²) in [7, 11) is 0. The summed E-state index contributed by atoms with van der Waals surface area (Å²) in [6.07, 6.45) is 101. The van der Waals surface area contributed by atoms with Crippen molar-refractivity contribution in [1.82, 2.24) is 0 Å². The van der Waals surface area contributed by atoms with Crippen molar-refractivity contribution in [3.63, 3.8) is 0 Å². The lowest BCUT2D eigenvalue weighted by Gasteiger charge is -2.18. The van der Waals surface area contributed by atoms with Gasteiger partial charge in [-0.05, 0) is 148 Å². The number of carbonyl (C=O) groups excluding carboxylic acids is 3. The number of esters is 3. The van der Waals surface area contributed by atoms with E-state index in [9.17, 15) is 14.4 Å². The smallest absolute Gasteiger partial charge is 0.306 e. The molecule has 83 heavy (non-hydrogen) atoms. The zero-order chi connectivity index (χ0) is 59.9. The van der Waals surface area contributed by atoms with Crippen LogP contribution < -0.4 is 0 Å². The van der Waals surface area contributed by atoms with Crippen molar-refractivity contribution in [2.75, 3.05) is 13.2 Å². The van der Waals surface area contributed by atoms with Crippen LogP contribution in [0.3, 0.4) is 0 Å². The Morgan fingerprint density at radius 3 is 0.759 bits per heavy atom. The van der Waals surface area contributed by atoms with Gasteiger partial charge in [0.05, 0.1) is 0 Å². The third-order valence-electron chi connectivity index (χ3n) is 14.0. The standard InChI is InChI=1S/C77H124O6/c1-4-7-10-13-16-19-22-25-28-30-31-32-33-34-35-36-37-38-39-40-41-42-43-44-45-47-49-52-55-58-61-64-67-70-76(79)82-73-74(72-81-75(78)69-66-63-60-57-54-51-48-27-24-21-18-15-12-9-6-3)83-77(80)71-68-65-62-59-56-53-50-46-29-26-23-20-17-14-11-8-5-2/h7,9-10,12,16-21,25-29,31-32,34-35,37-38,40-41,48,54,57,74H,4-6,8,11,13-15,22-24,30,33,36,39,42-47,49-53,55-56,58-73H2,1-3H3/b10-7-,12-9-,19-16-,20-17-,21-18-,28-25-,29-26-,32-31-,35-34-,38-37-,41-40-,48-27-,57-54-. The molecule has 0 radical (unpaired) electrons. The van der Waals surface area contributed by atoms with Gasteiger partial charge in [0.1, 0.15) is 13.2 Å². The van der Waals surface area contributed by atoms with Crippen LogP contribution >= 0.6 is 0 Å². The van der Waals surface area contributed by atoms with Crippen LogP contribution in [-0.4, -0.2) is 37.2 Å². The van der Waals surface area contributed by atoms with E-state index in [4.69, 9.17) is 14.2 Å². The van der Waals surface area contributed by atoms with E-state index in [-0.39, 0.29) is 31.1 Å². The average molecular weight is 1150 g/mol. The SMILES string of the molecule is CC/C=C\C/C=C\C/C=C\C/C=C\C/C=C\C/C=C\C/C=C\CCCCCCCCCCCCCC(=O)OCC(COC(=O)CCCC/C=C\C/C=C\C/C=C\C/C=C\CC)OC(=O)CCCCCCCCC/C=C\C/C=C\CCCCC. The van der Waals surface area contributed by atoms with Crippen LogP contribution in [0.5, 0.6) is 0 Å². The van der Waals surface area contributed by atoms with Crippen molar-refractivity contribution in [1.29, 1.82) is 0 Å². The number of rotatable bonds is 60. The minimum absolute atomic E-state index is 0.101. The highest BCUT2D eigenvalue weighted by molar-refractivity contribution is 5.71. The van der Waals surface area contributed by atoms with Crippen LogP contribution in [-0.2, 0) is 28.6 Å². The van der Waals surface area contributed by atoms with E-state index in [1.54, 1.807) is 0 Å². The Kier molecular flexibility index (Phi) is 65.4. The van der Waals surface area contributed by atoms with E-state index in [0.29, 0.717) is 19.3 Å². The molecule has 0 saturated heterocycles. The first-order chi connectivity index (χ1) is 41.0. The normalized spacial score (nSPS) is 13.1. The first-order valence-electron chi connectivity index (χ1n) is 34.0. The Balaban J connectivity index is 4.32. The van der Waals surface area contributed by atoms with Crippen LogP contribution in [0.15, 0.2) is 158 Å². The van der Waals surface area contributed by atoms with Gasteiger partial charge in [0, 0.05) is 19.3 Å². The third kappa shape index (κ3) is 67.7. The first-order valence-corrected chi connectivity index (χ1v) is 34.0. The zero-order valence-corrected chi connectivity index (χ0v) is 53.7. The van der Waals surface area contributed by atoms with E-state index < -0.39 is 6.10 Å². The first kappa shape index (κ1) is 78.0. The van der Waals surface area contributed by atoms with Gasteiger partial charge in [-0.1, -0.05) is 281 Å². The number of allylic oxidation sites excluding steroid dienone is 26. The molecule has 1 unspecified atom stereocenters. The lowest BCUT2D eigenvalue weighted by atomic mass is 10.0. The largest absolute Gasteiger partial charge is 0.462 e. The maximum atomic E-state index is 12.9. The molecule has 0 aliphatic rings. The van der Waals surface area contributed by atoms with Gasteiger partial charge in [0.25, 0.3) is 0 Å². The topological polar surface area (TPSA) is 78.9 Å². The van der Waals surface area contributed by atoms with E-state index in [1.807, 2.05) is 0 Å². The van der Waals surface area contributed by atoms with E-state index in [1.165, 1.54) is 109 Å². The van der Waals surface area contributed by atoms with Crippen LogP contribution in [0.25, 0.3) is 0 Å². The highest BCUT2D eigenvalue weighted by Crippen LogP contribution is 2.15. The molecule has 0 aromatic rings. The van der Waals surface area contributed by atoms with Crippen LogP contribution in [0.4, 0.5) is 0 Å². The molecule has 0 amide bonds. The van der Waals surface area contributed by atoms with Gasteiger partial charge < -0.3 is 14.2 Å². The van der Waals surface area contributed by atoms with E-state index >= 15 is 0 Å². The average Bonchev–Trinajstić information content (AvgIpc) is 3.49. The molecule has 0 aromatic carbocycles. The van der Waals surface area contributed by atoms with E-state index in [0.717, 1.165) is 141 Å². The summed E-state index contributed by atoms with van der Waals surface area (Å²) in [4.78, 5) is 38.4. The van der Waals surface area contributed by atoms with Gasteiger partial charge in [-0.15, -0.1) is 0 Å². The second-order valence-electron chi connectivity index (χ2n) is 22.0. The summed E-state index contributed by atoms with van der Waals surface area (Å²) in [5.74, 6) is -0.953. The van der Waals surface area contributed by atoms with Gasteiger partial charge in [0.15, 0.2) is 6.10 Å². The van der Waals surface area contributed by atoms with Gasteiger partial charge in [-0.25, -0.2) is 0 Å². The molecule has 0 aliphatic carbocycles. The Bertz CT molecular complexity index is 1840. The van der Waals surface area contributed by atoms with Gasteiger partial charge in [-0.3, -0.25) is 14.4 Å². The van der Waals surface area contributed by atoms with Crippen molar-refractivity contribution in [3.8, 4) is 0 Å². The van der Waals surface area contributed by atoms with Crippen LogP contribution in [0.1, 0.15) is 290 Å². The molecule has 0 fully saturated rings. The summed E-state index contributed by atoms with van der Waals surface area (Å²) in [6, 6.07) is 0. The lowest BCUT2D eigenvalue weighted by molar-refractivity contribution is -0.167. The highest BCUT2D eigenvalue weighted by Gasteiger charge is 2.19. The Hall–Kier alpha value is -4.97. The summed E-state index contributed by atoms with van der Waals surface area (Å²) >= 11 is 0. The molecule has 0 aliphatic heterocycles. The fourth-order valence-electron chi connectivity index (χ4n) is 8.97. The molecular formula is C77H124O6. The third-order valence-corrected chi connectivity index (χ3v) is 14.0. The molecule has 0 spiro atoms. The molecule has 6 nitrogen and oxygen atoms in total. The highest BCUT2D eigenvalue weighted by atomic mass is 16.6. The minimum Gasteiger partial charge on any atom is -0.462 e. The molecule has 0 rings (SSSR count). The van der Waals surface area contributed by atoms with Crippen molar-refractivity contribution < 1.29 is 28.6 Å². The molecule has 0 saturated carbocycles. The molecule has 0 N–H and O–H groups in total. The maximum absolute atomic E-state index is 12.9. The van der Waals surface area contributed by atoms with Gasteiger partial charge >= 0.3 is 17.9 Å². The molecule has 0 heterocycles. The summed E-state index contributed by atoms with van der Waals surface area (Å²) in [5, 5.41) is 0. The van der Waals surface area contributed by atoms with Crippen molar-refractivity contribution in [2.45, 2.75) is 297 Å². The fourth-order valence-corrected chi connectivity index (χ4v) is 8.97.